The standard InChI is InChI=1S/C12H18N2O2S/c1-5-12(4,10(13)17)14-8(15)6-7(9(14)16)11(6,2)3/h6-7H,5H2,1-4H3,(H2,13,17). The maximum Gasteiger partial charge on any atom is 0.234 e. The Labute approximate surface area is 107 Å². The topological polar surface area (TPSA) is 63.4 Å². The van der Waals surface area contributed by atoms with E-state index in [1.807, 2.05) is 20.8 Å². The van der Waals surface area contributed by atoms with Crippen LogP contribution >= 0.6 is 12.2 Å². The van der Waals surface area contributed by atoms with Gasteiger partial charge in [0.25, 0.3) is 0 Å². The summed E-state index contributed by atoms with van der Waals surface area (Å²) in [5, 5.41) is 0. The van der Waals surface area contributed by atoms with Crippen LogP contribution < -0.4 is 5.73 Å². The third-order valence-corrected chi connectivity index (χ3v) is 4.95. The molecule has 94 valence electrons. The van der Waals surface area contributed by atoms with Gasteiger partial charge >= 0.3 is 0 Å². The number of imide groups is 1. The number of hydrogen-bond acceptors (Lipinski definition) is 3. The lowest BCUT2D eigenvalue weighted by molar-refractivity contribution is -0.147. The molecule has 3 atom stereocenters. The zero-order chi connectivity index (χ0) is 13.2. The highest BCUT2D eigenvalue weighted by Crippen LogP contribution is 2.64. The summed E-state index contributed by atoms with van der Waals surface area (Å²) < 4.78 is 0. The second-order valence-corrected chi connectivity index (χ2v) is 6.22. The fraction of sp³-hybridized carbons (Fsp3) is 0.750. The van der Waals surface area contributed by atoms with Crippen LogP contribution in [-0.2, 0) is 9.59 Å². The van der Waals surface area contributed by atoms with E-state index in [9.17, 15) is 9.59 Å². The Hall–Kier alpha value is -0.970. The average Bonchev–Trinajstić information content (AvgIpc) is 2.67. The van der Waals surface area contributed by atoms with Crippen molar-refractivity contribution in [2.24, 2.45) is 23.0 Å². The second-order valence-electron chi connectivity index (χ2n) is 5.78. The molecule has 1 aliphatic carbocycles. The molecule has 2 amide bonds. The molecule has 0 radical (unpaired) electrons. The Bertz CT molecular complexity index is 408. The maximum atomic E-state index is 12.3. The number of amides is 2. The first kappa shape index (κ1) is 12.5. The molecule has 0 aromatic rings. The van der Waals surface area contributed by atoms with E-state index in [1.165, 1.54) is 4.90 Å². The van der Waals surface area contributed by atoms with Crippen LogP contribution in [0.3, 0.4) is 0 Å². The normalized spacial score (nSPS) is 33.3. The molecule has 0 aromatic carbocycles. The van der Waals surface area contributed by atoms with E-state index >= 15 is 0 Å². The van der Waals surface area contributed by atoms with Crippen LogP contribution in [0.5, 0.6) is 0 Å². The molecule has 1 aliphatic heterocycles. The highest BCUT2D eigenvalue weighted by atomic mass is 32.1. The largest absolute Gasteiger partial charge is 0.391 e. The van der Waals surface area contributed by atoms with Crippen molar-refractivity contribution in [3.8, 4) is 0 Å². The van der Waals surface area contributed by atoms with Crippen molar-refractivity contribution in [2.75, 3.05) is 0 Å². The van der Waals surface area contributed by atoms with E-state index in [0.717, 1.165) is 0 Å². The first-order chi connectivity index (χ1) is 7.69. The van der Waals surface area contributed by atoms with Gasteiger partial charge in [-0.1, -0.05) is 33.0 Å². The van der Waals surface area contributed by atoms with Gasteiger partial charge in [0.15, 0.2) is 0 Å². The highest BCUT2D eigenvalue weighted by Gasteiger charge is 2.74. The van der Waals surface area contributed by atoms with Crippen molar-refractivity contribution >= 4 is 29.0 Å². The summed E-state index contributed by atoms with van der Waals surface area (Å²) in [6.07, 6.45) is 0.555. The Kier molecular flexibility index (Phi) is 2.41. The van der Waals surface area contributed by atoms with Crippen molar-refractivity contribution in [1.29, 1.82) is 0 Å². The van der Waals surface area contributed by atoms with Gasteiger partial charge in [-0.15, -0.1) is 0 Å². The fourth-order valence-corrected chi connectivity index (χ4v) is 3.11. The summed E-state index contributed by atoms with van der Waals surface area (Å²) in [6.45, 7) is 7.57. The smallest absolute Gasteiger partial charge is 0.234 e. The molecule has 2 N–H and O–H groups in total. The van der Waals surface area contributed by atoms with Crippen molar-refractivity contribution in [2.45, 2.75) is 39.7 Å². The molecular weight excluding hydrogens is 236 g/mol. The average molecular weight is 254 g/mol. The lowest BCUT2D eigenvalue weighted by Crippen LogP contribution is -2.58. The van der Waals surface area contributed by atoms with E-state index in [1.54, 1.807) is 6.92 Å². The van der Waals surface area contributed by atoms with E-state index in [-0.39, 0.29) is 34.1 Å². The van der Waals surface area contributed by atoms with Crippen molar-refractivity contribution in [3.63, 3.8) is 0 Å². The number of piperidine rings is 1. The molecule has 2 rings (SSSR count). The molecule has 1 heterocycles. The number of rotatable bonds is 3. The molecule has 1 saturated carbocycles. The fourth-order valence-electron chi connectivity index (χ4n) is 2.88. The predicted octanol–water partition coefficient (Wildman–Crippen LogP) is 1.08. The molecule has 0 spiro atoms. The van der Waals surface area contributed by atoms with Crippen LogP contribution in [0.2, 0.25) is 0 Å². The number of nitrogens with zero attached hydrogens (tertiary/aromatic N) is 1. The Morgan fingerprint density at radius 1 is 1.41 bits per heavy atom. The molecule has 0 bridgehead atoms. The first-order valence-corrected chi connectivity index (χ1v) is 6.28. The van der Waals surface area contributed by atoms with Gasteiger partial charge in [0.2, 0.25) is 11.8 Å². The first-order valence-electron chi connectivity index (χ1n) is 5.87. The van der Waals surface area contributed by atoms with E-state index in [0.29, 0.717) is 6.42 Å². The van der Waals surface area contributed by atoms with Gasteiger partial charge in [-0.3, -0.25) is 14.5 Å². The van der Waals surface area contributed by atoms with Gasteiger partial charge in [0, 0.05) is 0 Å². The lowest BCUT2D eigenvalue weighted by atomic mass is 9.94. The van der Waals surface area contributed by atoms with Gasteiger partial charge in [0.05, 0.1) is 22.4 Å². The van der Waals surface area contributed by atoms with Crippen molar-refractivity contribution < 1.29 is 9.59 Å². The minimum atomic E-state index is -0.812. The molecule has 2 fully saturated rings. The van der Waals surface area contributed by atoms with Crippen LogP contribution in [0, 0.1) is 17.3 Å². The van der Waals surface area contributed by atoms with E-state index in [4.69, 9.17) is 18.0 Å². The molecule has 1 saturated heterocycles. The number of nitrogens with two attached hydrogens (primary N) is 1. The van der Waals surface area contributed by atoms with Gasteiger partial charge < -0.3 is 5.73 Å². The minimum absolute atomic E-state index is 0.109. The zero-order valence-electron chi connectivity index (χ0n) is 10.6. The van der Waals surface area contributed by atoms with Crippen LogP contribution in [0.4, 0.5) is 0 Å². The van der Waals surface area contributed by atoms with E-state index < -0.39 is 5.54 Å². The monoisotopic (exact) mass is 254 g/mol. The third-order valence-electron chi connectivity index (χ3n) is 4.51. The van der Waals surface area contributed by atoms with Crippen molar-refractivity contribution in [1.82, 2.24) is 4.90 Å². The van der Waals surface area contributed by atoms with Crippen LogP contribution in [0.1, 0.15) is 34.1 Å². The Morgan fingerprint density at radius 2 is 1.82 bits per heavy atom. The number of fused-ring (bicyclic) bond motifs is 1. The molecular formula is C12H18N2O2S. The summed E-state index contributed by atoms with van der Waals surface area (Å²) in [5.41, 5.74) is 4.70. The molecule has 4 nitrogen and oxygen atoms in total. The SMILES string of the molecule is CCC(C)(C(N)=S)N1C(=O)C2C(C1=O)C2(C)C. The van der Waals surface area contributed by atoms with Crippen LogP contribution in [0.25, 0.3) is 0 Å². The van der Waals surface area contributed by atoms with Gasteiger partial charge in [-0.25, -0.2) is 0 Å². The van der Waals surface area contributed by atoms with Crippen LogP contribution in [-0.4, -0.2) is 27.2 Å². The summed E-state index contributed by atoms with van der Waals surface area (Å²) >= 11 is 5.01. The highest BCUT2D eigenvalue weighted by molar-refractivity contribution is 7.80. The van der Waals surface area contributed by atoms with Crippen molar-refractivity contribution in [3.05, 3.63) is 0 Å². The number of thiocarbonyl (C=S) groups is 1. The molecule has 2 aliphatic rings. The molecule has 5 heteroatoms. The number of hydrogen-bond donors (Lipinski definition) is 1. The third kappa shape index (κ3) is 1.32. The summed E-state index contributed by atoms with van der Waals surface area (Å²) in [5.74, 6) is -0.560. The summed E-state index contributed by atoms with van der Waals surface area (Å²) in [6, 6.07) is 0. The molecule has 3 unspecified atom stereocenters. The number of likely N-dealkylation sites (tertiary alicyclic amines) is 1. The minimum Gasteiger partial charge on any atom is -0.391 e. The summed E-state index contributed by atoms with van der Waals surface area (Å²) in [4.78, 5) is 26.1. The summed E-state index contributed by atoms with van der Waals surface area (Å²) in [7, 11) is 0. The quantitative estimate of drug-likeness (QED) is 0.605. The zero-order valence-corrected chi connectivity index (χ0v) is 11.4. The Morgan fingerprint density at radius 3 is 2.12 bits per heavy atom. The van der Waals surface area contributed by atoms with Gasteiger partial charge in [-0.05, 0) is 18.8 Å². The van der Waals surface area contributed by atoms with Gasteiger partial charge in [-0.2, -0.15) is 0 Å². The van der Waals surface area contributed by atoms with Gasteiger partial charge in [0.1, 0.15) is 0 Å². The number of carbonyl (C=O) groups excluding carboxylic acids is 2. The second kappa shape index (κ2) is 3.28. The lowest BCUT2D eigenvalue weighted by Gasteiger charge is -2.37. The Balaban J connectivity index is 2.36. The molecule has 0 aromatic heterocycles. The van der Waals surface area contributed by atoms with Crippen LogP contribution in [0.15, 0.2) is 0 Å². The predicted molar refractivity (Wildman–Crippen MR) is 68.1 cm³/mol. The van der Waals surface area contributed by atoms with E-state index in [2.05, 4.69) is 0 Å². The maximum absolute atomic E-state index is 12.3. The molecule has 17 heavy (non-hydrogen) atoms. The number of carbonyl (C=O) groups is 2.